The number of aliphatic hydroxyl groups excluding tert-OH is 2. The van der Waals surface area contributed by atoms with E-state index in [-0.39, 0.29) is 11.3 Å². The molecule has 0 saturated heterocycles. The molecule has 3 unspecified atom stereocenters. The summed E-state index contributed by atoms with van der Waals surface area (Å²) in [7, 11) is 0. The Morgan fingerprint density at radius 1 is 1.47 bits per heavy atom. The van der Waals surface area contributed by atoms with Crippen molar-refractivity contribution in [2.75, 3.05) is 0 Å². The minimum atomic E-state index is -0.451. The second kappa shape index (κ2) is 4.67. The first kappa shape index (κ1) is 12.7. The van der Waals surface area contributed by atoms with E-state index in [0.717, 1.165) is 18.4 Å². The maximum Gasteiger partial charge on any atom is 0.0635 e. The molecule has 15 heavy (non-hydrogen) atoms. The van der Waals surface area contributed by atoms with Crippen LogP contribution in [0.15, 0.2) is 12.2 Å². The van der Waals surface area contributed by atoms with Crippen molar-refractivity contribution in [3.63, 3.8) is 0 Å². The van der Waals surface area contributed by atoms with Crippen LogP contribution in [0.2, 0.25) is 0 Å². The molecule has 1 saturated carbocycles. The van der Waals surface area contributed by atoms with Crippen LogP contribution in [0.4, 0.5) is 0 Å². The Balaban J connectivity index is 2.74. The van der Waals surface area contributed by atoms with E-state index in [0.29, 0.717) is 6.42 Å². The molecule has 0 heterocycles. The van der Waals surface area contributed by atoms with Crippen LogP contribution in [0.3, 0.4) is 0 Å². The summed E-state index contributed by atoms with van der Waals surface area (Å²) in [6.07, 6.45) is 2.88. The van der Waals surface area contributed by atoms with Gasteiger partial charge in [0.05, 0.1) is 12.2 Å². The summed E-state index contributed by atoms with van der Waals surface area (Å²) >= 11 is 0. The van der Waals surface area contributed by atoms with Gasteiger partial charge in [-0.25, -0.2) is 0 Å². The maximum absolute atomic E-state index is 10.1. The van der Waals surface area contributed by atoms with E-state index in [9.17, 15) is 10.2 Å². The van der Waals surface area contributed by atoms with Gasteiger partial charge in [0.25, 0.3) is 0 Å². The fourth-order valence-corrected chi connectivity index (χ4v) is 2.91. The largest absolute Gasteiger partial charge is 0.393 e. The predicted octanol–water partition coefficient (Wildman–Crippen LogP) is 2.50. The lowest BCUT2D eigenvalue weighted by atomic mass is 9.64. The van der Waals surface area contributed by atoms with Crippen LogP contribution in [0.5, 0.6) is 0 Å². The molecule has 2 N–H and O–H groups in total. The Morgan fingerprint density at radius 3 is 2.53 bits per heavy atom. The monoisotopic (exact) mass is 212 g/mol. The van der Waals surface area contributed by atoms with E-state index < -0.39 is 12.2 Å². The average Bonchev–Trinajstić information content (AvgIpc) is 1.99. The zero-order chi connectivity index (χ0) is 11.6. The van der Waals surface area contributed by atoms with Gasteiger partial charge in [0.1, 0.15) is 0 Å². The second-order valence-corrected chi connectivity index (χ2v) is 5.63. The molecule has 0 aromatic heterocycles. The molecule has 3 atom stereocenters. The molecular weight excluding hydrogens is 188 g/mol. The van der Waals surface area contributed by atoms with Gasteiger partial charge >= 0.3 is 0 Å². The Morgan fingerprint density at radius 2 is 2.07 bits per heavy atom. The quantitative estimate of drug-likeness (QED) is 0.706. The van der Waals surface area contributed by atoms with Crippen LogP contribution in [-0.4, -0.2) is 22.4 Å². The Labute approximate surface area is 93.0 Å². The van der Waals surface area contributed by atoms with Crippen LogP contribution in [0.1, 0.15) is 46.5 Å². The summed E-state index contributed by atoms with van der Waals surface area (Å²) in [4.78, 5) is 0. The van der Waals surface area contributed by atoms with Crippen LogP contribution in [0.25, 0.3) is 0 Å². The van der Waals surface area contributed by atoms with Gasteiger partial charge in [0.2, 0.25) is 0 Å². The van der Waals surface area contributed by atoms with Crippen molar-refractivity contribution in [1.29, 1.82) is 0 Å². The number of aliphatic hydroxyl groups is 2. The number of hydrogen-bond donors (Lipinski definition) is 2. The highest BCUT2D eigenvalue weighted by Gasteiger charge is 2.39. The van der Waals surface area contributed by atoms with Crippen molar-refractivity contribution in [1.82, 2.24) is 0 Å². The minimum absolute atomic E-state index is 0.115. The summed E-state index contributed by atoms with van der Waals surface area (Å²) in [5.74, 6) is 0.140. The normalized spacial score (nSPS) is 29.9. The highest BCUT2D eigenvalue weighted by Crippen LogP contribution is 2.45. The smallest absolute Gasteiger partial charge is 0.0635 e. The Bertz CT molecular complexity index is 231. The molecule has 0 aromatic rings. The van der Waals surface area contributed by atoms with Crippen molar-refractivity contribution in [2.24, 2.45) is 11.3 Å². The molecule has 0 bridgehead atoms. The lowest BCUT2D eigenvalue weighted by molar-refractivity contribution is 0.00599. The number of hydrogen-bond acceptors (Lipinski definition) is 2. The lowest BCUT2D eigenvalue weighted by Gasteiger charge is -2.43. The molecule has 2 heteroatoms. The summed E-state index contributed by atoms with van der Waals surface area (Å²) in [5, 5.41) is 19.4. The molecular formula is C13H24O2. The third kappa shape index (κ3) is 3.05. The van der Waals surface area contributed by atoms with Gasteiger partial charge in [0.15, 0.2) is 0 Å². The Kier molecular flexibility index (Phi) is 3.96. The van der Waals surface area contributed by atoms with E-state index in [2.05, 4.69) is 20.4 Å². The highest BCUT2D eigenvalue weighted by atomic mass is 16.3. The van der Waals surface area contributed by atoms with E-state index in [4.69, 9.17) is 0 Å². The third-order valence-corrected chi connectivity index (χ3v) is 3.57. The van der Waals surface area contributed by atoms with E-state index in [1.807, 2.05) is 0 Å². The fourth-order valence-electron chi connectivity index (χ4n) is 2.91. The molecule has 1 aliphatic rings. The average molecular weight is 212 g/mol. The van der Waals surface area contributed by atoms with Crippen molar-refractivity contribution < 1.29 is 10.2 Å². The molecule has 0 radical (unpaired) electrons. The van der Waals surface area contributed by atoms with E-state index in [1.165, 1.54) is 6.42 Å². The van der Waals surface area contributed by atoms with Gasteiger partial charge in [0, 0.05) is 5.92 Å². The summed E-state index contributed by atoms with van der Waals surface area (Å²) in [6, 6.07) is 0. The lowest BCUT2D eigenvalue weighted by Crippen LogP contribution is -2.39. The first-order valence-electron chi connectivity index (χ1n) is 5.88. The number of rotatable bonds is 3. The van der Waals surface area contributed by atoms with Gasteiger partial charge in [-0.1, -0.05) is 26.0 Å². The SMILES string of the molecule is C=C1CCCC(C)(C)C1C(O)CC(C)O. The predicted molar refractivity (Wildman–Crippen MR) is 62.6 cm³/mol. The Hall–Kier alpha value is -0.340. The zero-order valence-corrected chi connectivity index (χ0v) is 10.2. The van der Waals surface area contributed by atoms with Crippen LogP contribution in [0, 0.1) is 11.3 Å². The van der Waals surface area contributed by atoms with Crippen LogP contribution in [-0.2, 0) is 0 Å². The molecule has 0 aliphatic heterocycles. The van der Waals surface area contributed by atoms with Crippen molar-refractivity contribution >= 4 is 0 Å². The topological polar surface area (TPSA) is 40.5 Å². The van der Waals surface area contributed by atoms with Crippen LogP contribution >= 0.6 is 0 Å². The summed E-state index contributed by atoms with van der Waals surface area (Å²) in [5.41, 5.74) is 1.27. The van der Waals surface area contributed by atoms with Crippen molar-refractivity contribution in [2.45, 2.75) is 58.7 Å². The molecule has 0 aromatic carbocycles. The fraction of sp³-hybridized carbons (Fsp3) is 0.846. The molecule has 1 rings (SSSR count). The molecule has 0 amide bonds. The maximum atomic E-state index is 10.1. The molecule has 88 valence electrons. The van der Waals surface area contributed by atoms with Gasteiger partial charge < -0.3 is 10.2 Å². The minimum Gasteiger partial charge on any atom is -0.393 e. The van der Waals surface area contributed by atoms with Crippen molar-refractivity contribution in [3.8, 4) is 0 Å². The van der Waals surface area contributed by atoms with Gasteiger partial charge in [-0.2, -0.15) is 0 Å². The first-order chi connectivity index (χ1) is 6.84. The first-order valence-corrected chi connectivity index (χ1v) is 5.88. The van der Waals surface area contributed by atoms with Gasteiger partial charge in [-0.05, 0) is 38.0 Å². The zero-order valence-electron chi connectivity index (χ0n) is 10.2. The summed E-state index contributed by atoms with van der Waals surface area (Å²) < 4.78 is 0. The van der Waals surface area contributed by atoms with Gasteiger partial charge in [-0.3, -0.25) is 0 Å². The third-order valence-electron chi connectivity index (χ3n) is 3.57. The molecule has 1 aliphatic carbocycles. The molecule has 1 fully saturated rings. The second-order valence-electron chi connectivity index (χ2n) is 5.63. The molecule has 0 spiro atoms. The van der Waals surface area contributed by atoms with E-state index >= 15 is 0 Å². The van der Waals surface area contributed by atoms with E-state index in [1.54, 1.807) is 6.92 Å². The highest BCUT2D eigenvalue weighted by molar-refractivity contribution is 5.11. The molecule has 2 nitrogen and oxygen atoms in total. The standard InChI is InChI=1S/C13H24O2/c1-9-6-5-7-13(3,4)12(9)11(15)8-10(2)14/h10-12,14-15H,1,5-8H2,2-4H3. The van der Waals surface area contributed by atoms with Gasteiger partial charge in [-0.15, -0.1) is 0 Å². The summed E-state index contributed by atoms with van der Waals surface area (Å²) in [6.45, 7) is 10.2. The van der Waals surface area contributed by atoms with Crippen LogP contribution < -0.4 is 0 Å². The van der Waals surface area contributed by atoms with Crippen molar-refractivity contribution in [3.05, 3.63) is 12.2 Å².